The van der Waals surface area contributed by atoms with E-state index in [1.165, 1.54) is 11.1 Å². The van der Waals surface area contributed by atoms with Crippen LogP contribution in [-0.4, -0.2) is 26.8 Å². The summed E-state index contributed by atoms with van der Waals surface area (Å²) >= 11 is 0. The first-order valence-electron chi connectivity index (χ1n) is 9.43. The predicted octanol–water partition coefficient (Wildman–Crippen LogP) is 3.83. The van der Waals surface area contributed by atoms with Crippen LogP contribution in [0.1, 0.15) is 33.0 Å². The zero-order chi connectivity index (χ0) is 19.7. The molecule has 0 spiro atoms. The van der Waals surface area contributed by atoms with Gasteiger partial charge < -0.3 is 14.3 Å². The number of benzene rings is 1. The van der Waals surface area contributed by atoms with Gasteiger partial charge in [0.2, 0.25) is 0 Å². The van der Waals surface area contributed by atoms with Crippen molar-refractivity contribution in [2.24, 2.45) is 0 Å². The van der Waals surface area contributed by atoms with E-state index in [0.29, 0.717) is 25.3 Å². The van der Waals surface area contributed by atoms with Gasteiger partial charge >= 0.3 is 0 Å². The van der Waals surface area contributed by atoms with E-state index >= 15 is 0 Å². The standard InChI is InChI=1S/C22H24N4O2/c1-15-6-4-5-7-18(15)14-25-19-8-11-28-21(19)13-20(25)22(27)23-9-10-26-17(3)12-16(2)24-26/h4-8,11-13H,9-10,14H2,1-3H3,(H,23,27). The molecule has 1 amide bonds. The highest BCUT2D eigenvalue weighted by Crippen LogP contribution is 2.23. The molecule has 3 heterocycles. The molecule has 28 heavy (non-hydrogen) atoms. The minimum atomic E-state index is -0.110. The Morgan fingerprint density at radius 2 is 1.96 bits per heavy atom. The molecule has 4 aromatic rings. The number of hydrogen-bond acceptors (Lipinski definition) is 3. The van der Waals surface area contributed by atoms with Gasteiger partial charge in [0.25, 0.3) is 5.91 Å². The number of aryl methyl sites for hydroxylation is 3. The van der Waals surface area contributed by atoms with Crippen molar-refractivity contribution in [3.63, 3.8) is 0 Å². The summed E-state index contributed by atoms with van der Waals surface area (Å²) in [6, 6.07) is 14.0. The van der Waals surface area contributed by atoms with E-state index < -0.39 is 0 Å². The first kappa shape index (κ1) is 18.1. The van der Waals surface area contributed by atoms with Gasteiger partial charge in [0.1, 0.15) is 5.69 Å². The normalized spacial score (nSPS) is 11.2. The van der Waals surface area contributed by atoms with Crippen molar-refractivity contribution in [2.45, 2.75) is 33.9 Å². The predicted molar refractivity (Wildman–Crippen MR) is 109 cm³/mol. The summed E-state index contributed by atoms with van der Waals surface area (Å²) in [6.07, 6.45) is 1.66. The number of amides is 1. The van der Waals surface area contributed by atoms with Crippen LogP contribution >= 0.6 is 0 Å². The average Bonchev–Trinajstić information content (AvgIpc) is 3.33. The van der Waals surface area contributed by atoms with E-state index in [9.17, 15) is 4.79 Å². The summed E-state index contributed by atoms with van der Waals surface area (Å²) in [6.45, 7) is 7.84. The van der Waals surface area contributed by atoms with Crippen LogP contribution in [0.2, 0.25) is 0 Å². The molecule has 6 heteroatoms. The molecule has 1 N–H and O–H groups in total. The number of aromatic nitrogens is 3. The number of rotatable bonds is 6. The van der Waals surface area contributed by atoms with Gasteiger partial charge in [-0.1, -0.05) is 24.3 Å². The van der Waals surface area contributed by atoms with Crippen LogP contribution in [0.5, 0.6) is 0 Å². The van der Waals surface area contributed by atoms with Crippen LogP contribution in [0.15, 0.2) is 53.1 Å². The van der Waals surface area contributed by atoms with Crippen LogP contribution in [0.3, 0.4) is 0 Å². The van der Waals surface area contributed by atoms with Crippen molar-refractivity contribution in [1.82, 2.24) is 19.7 Å². The fraction of sp³-hybridized carbons (Fsp3) is 0.273. The Morgan fingerprint density at radius 1 is 1.14 bits per heavy atom. The van der Waals surface area contributed by atoms with Crippen LogP contribution in [-0.2, 0) is 13.1 Å². The fourth-order valence-corrected chi connectivity index (χ4v) is 3.56. The van der Waals surface area contributed by atoms with Crippen molar-refractivity contribution in [3.8, 4) is 0 Å². The molecule has 0 aliphatic carbocycles. The Morgan fingerprint density at radius 3 is 2.71 bits per heavy atom. The van der Waals surface area contributed by atoms with Crippen molar-refractivity contribution in [2.75, 3.05) is 6.54 Å². The van der Waals surface area contributed by atoms with Crippen molar-refractivity contribution < 1.29 is 9.21 Å². The van der Waals surface area contributed by atoms with Crippen LogP contribution < -0.4 is 5.32 Å². The number of fused-ring (bicyclic) bond motifs is 1. The molecule has 0 saturated carbocycles. The molecule has 0 saturated heterocycles. The summed E-state index contributed by atoms with van der Waals surface area (Å²) in [5.41, 5.74) is 6.69. The lowest BCUT2D eigenvalue weighted by Gasteiger charge is -2.12. The molecule has 3 aromatic heterocycles. The summed E-state index contributed by atoms with van der Waals surface area (Å²) in [5, 5.41) is 7.45. The molecule has 0 bridgehead atoms. The number of furan rings is 1. The second kappa shape index (κ2) is 7.38. The summed E-state index contributed by atoms with van der Waals surface area (Å²) in [4.78, 5) is 12.9. The average molecular weight is 376 g/mol. The molecule has 0 aliphatic rings. The summed E-state index contributed by atoms with van der Waals surface area (Å²) in [7, 11) is 0. The maximum Gasteiger partial charge on any atom is 0.268 e. The van der Waals surface area contributed by atoms with Crippen LogP contribution in [0, 0.1) is 20.8 Å². The second-order valence-corrected chi connectivity index (χ2v) is 7.12. The second-order valence-electron chi connectivity index (χ2n) is 7.12. The monoisotopic (exact) mass is 376 g/mol. The Labute approximate surface area is 163 Å². The highest BCUT2D eigenvalue weighted by atomic mass is 16.3. The SMILES string of the molecule is Cc1cc(C)n(CCNC(=O)c2cc3occc3n2Cc2ccccc2C)n1. The molecule has 0 unspecified atom stereocenters. The van der Waals surface area contributed by atoms with E-state index in [1.54, 1.807) is 6.26 Å². The van der Waals surface area contributed by atoms with Gasteiger partial charge in [0, 0.05) is 30.9 Å². The quantitative estimate of drug-likeness (QED) is 0.556. The Balaban J connectivity index is 1.54. The fourth-order valence-electron chi connectivity index (χ4n) is 3.56. The largest absolute Gasteiger partial charge is 0.463 e. The highest BCUT2D eigenvalue weighted by molar-refractivity contribution is 5.97. The molecular weight excluding hydrogens is 352 g/mol. The lowest BCUT2D eigenvalue weighted by atomic mass is 10.1. The Bertz CT molecular complexity index is 1130. The molecule has 144 valence electrons. The number of hydrogen-bond donors (Lipinski definition) is 1. The third kappa shape index (κ3) is 3.45. The van der Waals surface area contributed by atoms with Gasteiger partial charge in [0.05, 0.1) is 24.0 Å². The maximum atomic E-state index is 12.9. The van der Waals surface area contributed by atoms with E-state index in [1.807, 2.05) is 53.4 Å². The van der Waals surface area contributed by atoms with Crippen LogP contribution in [0.4, 0.5) is 0 Å². The molecule has 0 aliphatic heterocycles. The molecule has 6 nitrogen and oxygen atoms in total. The van der Waals surface area contributed by atoms with Crippen molar-refractivity contribution >= 4 is 17.0 Å². The Kier molecular flexibility index (Phi) is 4.77. The first-order chi connectivity index (χ1) is 13.5. The maximum absolute atomic E-state index is 12.9. The van der Waals surface area contributed by atoms with E-state index in [2.05, 4.69) is 29.5 Å². The minimum absolute atomic E-state index is 0.110. The van der Waals surface area contributed by atoms with E-state index in [4.69, 9.17) is 4.42 Å². The number of carbonyl (C=O) groups is 1. The van der Waals surface area contributed by atoms with Crippen LogP contribution in [0.25, 0.3) is 11.1 Å². The van der Waals surface area contributed by atoms with Gasteiger partial charge in [-0.05, 0) is 38.0 Å². The summed E-state index contributed by atoms with van der Waals surface area (Å²) < 4.78 is 9.46. The van der Waals surface area contributed by atoms with Gasteiger partial charge in [-0.25, -0.2) is 0 Å². The summed E-state index contributed by atoms with van der Waals surface area (Å²) in [5.74, 6) is -0.110. The molecule has 0 atom stereocenters. The van der Waals surface area contributed by atoms with E-state index in [0.717, 1.165) is 22.5 Å². The smallest absolute Gasteiger partial charge is 0.268 e. The number of carbonyl (C=O) groups excluding carboxylic acids is 1. The molecule has 0 radical (unpaired) electrons. The lowest BCUT2D eigenvalue weighted by molar-refractivity contribution is 0.0943. The van der Waals surface area contributed by atoms with Gasteiger partial charge in [0.15, 0.2) is 5.58 Å². The molecule has 4 rings (SSSR count). The number of nitrogens with zero attached hydrogens (tertiary/aromatic N) is 3. The van der Waals surface area contributed by atoms with E-state index in [-0.39, 0.29) is 5.91 Å². The lowest BCUT2D eigenvalue weighted by Crippen LogP contribution is -2.29. The number of nitrogens with one attached hydrogen (secondary N) is 1. The third-order valence-corrected chi connectivity index (χ3v) is 5.06. The van der Waals surface area contributed by atoms with Crippen molar-refractivity contribution in [3.05, 3.63) is 76.9 Å². The minimum Gasteiger partial charge on any atom is -0.463 e. The first-order valence-corrected chi connectivity index (χ1v) is 9.43. The Hall–Kier alpha value is -3.28. The van der Waals surface area contributed by atoms with Gasteiger partial charge in [-0.15, -0.1) is 0 Å². The third-order valence-electron chi connectivity index (χ3n) is 5.06. The molecule has 1 aromatic carbocycles. The topological polar surface area (TPSA) is 65.0 Å². The zero-order valence-corrected chi connectivity index (χ0v) is 16.4. The van der Waals surface area contributed by atoms with Crippen molar-refractivity contribution in [1.29, 1.82) is 0 Å². The van der Waals surface area contributed by atoms with Gasteiger partial charge in [-0.3, -0.25) is 9.48 Å². The molecule has 0 fully saturated rings. The zero-order valence-electron chi connectivity index (χ0n) is 16.4. The highest BCUT2D eigenvalue weighted by Gasteiger charge is 2.18. The van der Waals surface area contributed by atoms with Gasteiger partial charge in [-0.2, -0.15) is 5.10 Å². The molecular formula is C22H24N4O2.